The molecule has 216 valence electrons. The van der Waals surface area contributed by atoms with Crippen LogP contribution in [0.25, 0.3) is 10.9 Å². The van der Waals surface area contributed by atoms with E-state index in [4.69, 9.17) is 21.4 Å². The number of carbonyl (C=O) groups excluding carboxylic acids is 2. The minimum Gasteiger partial charge on any atom is -0.492 e. The van der Waals surface area contributed by atoms with Crippen molar-refractivity contribution in [2.24, 2.45) is 11.8 Å². The molecule has 1 aliphatic rings. The molecule has 1 fully saturated rings. The Kier molecular flexibility index (Phi) is 10.4. The number of nitrogens with one attached hydrogen (secondary N) is 1. The molecule has 0 unspecified atom stereocenters. The zero-order chi connectivity index (χ0) is 28.7. The number of alkyl halides is 3. The molecule has 2 aromatic carbocycles. The Bertz CT molecular complexity index is 1300. The van der Waals surface area contributed by atoms with E-state index < -0.39 is 11.4 Å². The fraction of sp³-hybridized carbons (Fsp3) is 0.483. The van der Waals surface area contributed by atoms with Gasteiger partial charge in [-0.25, -0.2) is 0 Å². The van der Waals surface area contributed by atoms with Crippen molar-refractivity contribution < 1.29 is 27.5 Å². The minimum absolute atomic E-state index is 0.0276. The molecule has 4 rings (SSSR count). The lowest BCUT2D eigenvalue weighted by Gasteiger charge is -2.24. The van der Waals surface area contributed by atoms with Crippen molar-refractivity contribution in [1.82, 2.24) is 15.1 Å². The van der Waals surface area contributed by atoms with Gasteiger partial charge in [0.1, 0.15) is 5.75 Å². The fourth-order valence-corrected chi connectivity index (χ4v) is 5.83. The normalized spacial score (nSPS) is 18.2. The maximum Gasteiger partial charge on any atom is 0.441 e. The highest BCUT2D eigenvalue weighted by molar-refractivity contribution is 8.00. The third-order valence-electron chi connectivity index (χ3n) is 7.15. The van der Waals surface area contributed by atoms with Crippen molar-refractivity contribution in [3.05, 3.63) is 58.7 Å². The van der Waals surface area contributed by atoms with Gasteiger partial charge in [-0.15, -0.1) is 0 Å². The van der Waals surface area contributed by atoms with Crippen molar-refractivity contribution in [2.45, 2.75) is 57.5 Å². The Hall–Kier alpha value is -2.72. The zero-order valence-electron chi connectivity index (χ0n) is 22.3. The number of ketones is 1. The van der Waals surface area contributed by atoms with E-state index in [-0.39, 0.29) is 41.3 Å². The molecule has 0 spiro atoms. The molecule has 0 atom stereocenters. The van der Waals surface area contributed by atoms with Crippen LogP contribution in [0.2, 0.25) is 5.02 Å². The lowest BCUT2D eigenvalue weighted by molar-refractivity contribution is -0.0327. The smallest absolute Gasteiger partial charge is 0.441 e. The molecule has 11 heteroatoms. The number of hydrogen-bond acceptors (Lipinski definition) is 5. The van der Waals surface area contributed by atoms with Crippen molar-refractivity contribution >= 4 is 46.0 Å². The predicted molar refractivity (Wildman–Crippen MR) is 152 cm³/mol. The van der Waals surface area contributed by atoms with E-state index >= 15 is 0 Å². The van der Waals surface area contributed by atoms with Crippen LogP contribution in [0.1, 0.15) is 66.2 Å². The summed E-state index contributed by atoms with van der Waals surface area (Å²) in [6.45, 7) is 2.74. The number of fused-ring (bicyclic) bond motifs is 1. The van der Waals surface area contributed by atoms with Gasteiger partial charge in [0.2, 0.25) is 0 Å². The van der Waals surface area contributed by atoms with E-state index in [9.17, 15) is 22.8 Å². The van der Waals surface area contributed by atoms with E-state index in [0.29, 0.717) is 46.3 Å². The first-order valence-corrected chi connectivity index (χ1v) is 14.9. The first kappa shape index (κ1) is 30.2. The first-order chi connectivity index (χ1) is 19.1. The average molecular weight is 596 g/mol. The molecule has 0 saturated heterocycles. The molecule has 6 nitrogen and oxygen atoms in total. The molecule has 1 N–H and O–H groups in total. The van der Waals surface area contributed by atoms with Crippen LogP contribution in [-0.2, 0) is 6.54 Å². The van der Waals surface area contributed by atoms with Gasteiger partial charge >= 0.3 is 5.51 Å². The molecule has 1 aromatic heterocycles. The van der Waals surface area contributed by atoms with Crippen LogP contribution in [0.4, 0.5) is 13.2 Å². The zero-order valence-corrected chi connectivity index (χ0v) is 23.9. The number of Topliss-reactive ketones (excluding diaryl/α,β-unsaturated/α-hetero) is 1. The summed E-state index contributed by atoms with van der Waals surface area (Å²) in [4.78, 5) is 25.7. The second kappa shape index (κ2) is 13.8. The van der Waals surface area contributed by atoms with Crippen LogP contribution in [0.15, 0.2) is 42.6 Å². The maximum absolute atomic E-state index is 13.0. The molecule has 40 heavy (non-hydrogen) atoms. The van der Waals surface area contributed by atoms with Crippen LogP contribution in [0.3, 0.4) is 0 Å². The summed E-state index contributed by atoms with van der Waals surface area (Å²) in [5, 5.41) is 8.57. The van der Waals surface area contributed by atoms with Crippen LogP contribution >= 0.6 is 23.4 Å². The van der Waals surface area contributed by atoms with Gasteiger partial charge in [0.05, 0.1) is 23.1 Å². The van der Waals surface area contributed by atoms with Crippen LogP contribution in [-0.4, -0.2) is 45.9 Å². The number of benzene rings is 2. The molecular weight excluding hydrogens is 563 g/mol. The van der Waals surface area contributed by atoms with Gasteiger partial charge in [-0.2, -0.15) is 18.3 Å². The number of hydrogen-bond donors (Lipinski definition) is 1. The van der Waals surface area contributed by atoms with E-state index in [2.05, 4.69) is 5.32 Å². The highest BCUT2D eigenvalue weighted by Crippen LogP contribution is 2.33. The van der Waals surface area contributed by atoms with Gasteiger partial charge in [0, 0.05) is 41.5 Å². The average Bonchev–Trinajstić information content (AvgIpc) is 3.31. The molecule has 1 saturated carbocycles. The number of ether oxygens (including phenoxy) is 1. The Labute approximate surface area is 241 Å². The fourth-order valence-electron chi connectivity index (χ4n) is 5.27. The van der Waals surface area contributed by atoms with E-state index in [0.717, 1.165) is 38.5 Å². The summed E-state index contributed by atoms with van der Waals surface area (Å²) in [6.07, 6.45) is 7.47. The summed E-state index contributed by atoms with van der Waals surface area (Å²) in [6, 6.07) is 10.4. The second-order valence-corrected chi connectivity index (χ2v) is 11.6. The SMILES string of the molecule is CCOc1c(C(=O)NCCSC(F)(F)F)ccc2nn(CC3CCCC(C(=O)c4ccc(Cl)cc4)CCC3)cc12. The van der Waals surface area contributed by atoms with Gasteiger partial charge in [-0.05, 0) is 86.7 Å². The topological polar surface area (TPSA) is 73.2 Å². The summed E-state index contributed by atoms with van der Waals surface area (Å²) in [5.74, 6) is 0.259. The molecule has 0 bridgehead atoms. The number of nitrogens with zero attached hydrogens (tertiary/aromatic N) is 2. The Morgan fingerprint density at radius 2 is 1.80 bits per heavy atom. The summed E-state index contributed by atoms with van der Waals surface area (Å²) >= 11 is 5.80. The van der Waals surface area contributed by atoms with E-state index in [1.807, 2.05) is 17.8 Å². The Balaban J connectivity index is 1.38. The summed E-state index contributed by atoms with van der Waals surface area (Å²) < 4.78 is 44.8. The van der Waals surface area contributed by atoms with E-state index in [1.54, 1.807) is 36.4 Å². The maximum atomic E-state index is 13.0. The van der Waals surface area contributed by atoms with Gasteiger partial charge in [0.15, 0.2) is 5.78 Å². The lowest BCUT2D eigenvalue weighted by atomic mass is 9.82. The molecule has 1 heterocycles. The number of thioether (sulfide) groups is 1. The number of amides is 1. The van der Waals surface area contributed by atoms with Crippen molar-refractivity contribution in [1.29, 1.82) is 0 Å². The summed E-state index contributed by atoms with van der Waals surface area (Å²) in [7, 11) is 0. The van der Waals surface area contributed by atoms with Gasteiger partial charge in [-0.1, -0.05) is 24.4 Å². The highest BCUT2D eigenvalue weighted by Gasteiger charge is 2.28. The molecule has 3 aromatic rings. The third-order valence-corrected chi connectivity index (χ3v) is 8.14. The van der Waals surface area contributed by atoms with Crippen LogP contribution in [0, 0.1) is 11.8 Å². The third kappa shape index (κ3) is 8.16. The Morgan fingerprint density at radius 3 is 2.45 bits per heavy atom. The quantitative estimate of drug-likeness (QED) is 0.194. The van der Waals surface area contributed by atoms with Crippen molar-refractivity contribution in [3.8, 4) is 5.75 Å². The lowest BCUT2D eigenvalue weighted by Crippen LogP contribution is -2.27. The van der Waals surface area contributed by atoms with E-state index in [1.165, 1.54) is 0 Å². The van der Waals surface area contributed by atoms with Crippen LogP contribution in [0.5, 0.6) is 5.75 Å². The van der Waals surface area contributed by atoms with Gasteiger partial charge in [-0.3, -0.25) is 14.3 Å². The Morgan fingerprint density at radius 1 is 1.10 bits per heavy atom. The second-order valence-electron chi connectivity index (χ2n) is 10.0. The standard InChI is InChI=1S/C29H33ClF3N3O3S/c1-2-39-27-23(28(38)34-15-16-40-29(31,32)33)13-14-25-24(27)18-36(35-25)17-19-5-3-7-20(8-4-6-19)26(37)21-9-11-22(30)12-10-21/h9-14,18-20H,2-8,15-17H2,1H3,(H,34,38). The monoisotopic (exact) mass is 595 g/mol. The largest absolute Gasteiger partial charge is 0.492 e. The molecule has 0 radical (unpaired) electrons. The molecule has 1 aliphatic carbocycles. The number of aromatic nitrogens is 2. The molecule has 0 aliphatic heterocycles. The van der Waals surface area contributed by atoms with Crippen LogP contribution < -0.4 is 10.1 Å². The first-order valence-electron chi connectivity index (χ1n) is 13.6. The molecular formula is C29H33ClF3N3O3S. The van der Waals surface area contributed by atoms with Gasteiger partial charge in [0.25, 0.3) is 5.91 Å². The minimum atomic E-state index is -4.33. The number of halogens is 4. The number of carbonyl (C=O) groups is 2. The van der Waals surface area contributed by atoms with Crippen molar-refractivity contribution in [2.75, 3.05) is 18.9 Å². The van der Waals surface area contributed by atoms with Crippen molar-refractivity contribution in [3.63, 3.8) is 0 Å². The summed E-state index contributed by atoms with van der Waals surface area (Å²) in [5.41, 5.74) is -2.66. The molecule has 1 amide bonds. The predicted octanol–water partition coefficient (Wildman–Crippen LogP) is 7.54. The highest BCUT2D eigenvalue weighted by atomic mass is 35.5. The number of rotatable bonds is 10. The van der Waals surface area contributed by atoms with Gasteiger partial charge < -0.3 is 10.1 Å².